The van der Waals surface area contributed by atoms with E-state index in [0.29, 0.717) is 25.2 Å². The van der Waals surface area contributed by atoms with E-state index in [1.165, 1.54) is 7.11 Å². The smallest absolute Gasteiger partial charge is 0.407 e. The van der Waals surface area contributed by atoms with Crippen LogP contribution in [-0.4, -0.2) is 84.9 Å². The number of nitrogens with zero attached hydrogens (tertiary/aromatic N) is 5. The lowest BCUT2D eigenvalue weighted by molar-refractivity contribution is -0.135. The van der Waals surface area contributed by atoms with Gasteiger partial charge < -0.3 is 35.6 Å². The summed E-state index contributed by atoms with van der Waals surface area (Å²) in [4.78, 5) is 63.7. The number of hydrogen-bond donors (Lipinski definition) is 4. The van der Waals surface area contributed by atoms with E-state index in [-0.39, 0.29) is 29.8 Å². The Morgan fingerprint density at radius 3 is 2.29 bits per heavy atom. The van der Waals surface area contributed by atoms with Crippen LogP contribution in [0.1, 0.15) is 82.0 Å². The van der Waals surface area contributed by atoms with Crippen molar-refractivity contribution in [2.24, 2.45) is 11.7 Å². The molecule has 2 aromatic carbocycles. The summed E-state index contributed by atoms with van der Waals surface area (Å²) >= 11 is 0. The van der Waals surface area contributed by atoms with Gasteiger partial charge in [0.05, 0.1) is 42.8 Å². The van der Waals surface area contributed by atoms with Crippen molar-refractivity contribution < 1.29 is 19.1 Å². The van der Waals surface area contributed by atoms with Gasteiger partial charge in [-0.05, 0) is 85.9 Å². The molecule has 3 amide bonds. The fourth-order valence-corrected chi connectivity index (χ4v) is 7.91. The second-order valence-corrected chi connectivity index (χ2v) is 14.4. The number of ether oxygens (including phenoxy) is 1. The molecule has 13 nitrogen and oxygen atoms in total. The average Bonchev–Trinajstić information content (AvgIpc) is 3.60. The third-order valence-corrected chi connectivity index (χ3v) is 10.8. The van der Waals surface area contributed by atoms with Crippen molar-refractivity contribution in [2.45, 2.75) is 82.5 Å². The Morgan fingerprint density at radius 2 is 1.58 bits per heavy atom. The number of fused-ring (bicyclic) bond motifs is 2. The zero-order chi connectivity index (χ0) is 35.9. The van der Waals surface area contributed by atoms with Gasteiger partial charge in [-0.3, -0.25) is 9.59 Å². The highest BCUT2D eigenvalue weighted by atomic mass is 16.5. The SMILES string of the molecule is CCC[C@H](N)C(=O)N1CCC[C@H]1c1nc2ccc(-c3ccc4cc(-c5cnc([C@@H]6CCCN6C(=O)[C@@H](NC(=O)OC)C6CC6)[nH]5)ccc4c3)nc2[nH]1. The first-order valence-electron chi connectivity index (χ1n) is 18.5. The molecule has 0 spiro atoms. The summed E-state index contributed by atoms with van der Waals surface area (Å²) in [7, 11) is 1.31. The van der Waals surface area contributed by atoms with Gasteiger partial charge >= 0.3 is 6.09 Å². The van der Waals surface area contributed by atoms with Gasteiger partial charge in [-0.15, -0.1) is 0 Å². The number of nitrogens with one attached hydrogen (secondary N) is 3. The molecule has 8 rings (SSSR count). The van der Waals surface area contributed by atoms with Crippen molar-refractivity contribution in [3.8, 4) is 22.5 Å². The molecule has 52 heavy (non-hydrogen) atoms. The molecule has 0 unspecified atom stereocenters. The molecular formula is C39H45N9O4. The summed E-state index contributed by atoms with van der Waals surface area (Å²) in [5.74, 6) is 1.58. The van der Waals surface area contributed by atoms with E-state index >= 15 is 0 Å². The van der Waals surface area contributed by atoms with Crippen LogP contribution in [0, 0.1) is 5.92 Å². The molecule has 1 aliphatic carbocycles. The highest BCUT2D eigenvalue weighted by Gasteiger charge is 2.43. The van der Waals surface area contributed by atoms with Crippen molar-refractivity contribution in [2.75, 3.05) is 20.2 Å². The number of rotatable bonds is 10. The van der Waals surface area contributed by atoms with Crippen LogP contribution in [0.2, 0.25) is 0 Å². The Bertz CT molecular complexity index is 2140. The lowest BCUT2D eigenvalue weighted by Crippen LogP contribution is -2.49. The van der Waals surface area contributed by atoms with Crippen LogP contribution >= 0.6 is 0 Å². The van der Waals surface area contributed by atoms with E-state index in [1.807, 2.05) is 35.1 Å². The number of aromatic amines is 2. The van der Waals surface area contributed by atoms with E-state index in [0.717, 1.165) is 95.4 Å². The molecule has 13 heteroatoms. The van der Waals surface area contributed by atoms with Crippen LogP contribution in [0.4, 0.5) is 4.79 Å². The minimum absolute atomic E-state index is 0.00799. The third kappa shape index (κ3) is 6.49. The van der Waals surface area contributed by atoms with Crippen LogP contribution < -0.4 is 11.1 Å². The number of aromatic nitrogens is 5. The molecule has 270 valence electrons. The second-order valence-electron chi connectivity index (χ2n) is 14.4. The van der Waals surface area contributed by atoms with Crippen molar-refractivity contribution >= 4 is 39.8 Å². The fourth-order valence-electron chi connectivity index (χ4n) is 7.91. The number of amides is 3. The van der Waals surface area contributed by atoms with Gasteiger partial charge in [-0.2, -0.15) is 0 Å². The minimum Gasteiger partial charge on any atom is -0.453 e. The van der Waals surface area contributed by atoms with Crippen molar-refractivity contribution in [1.29, 1.82) is 0 Å². The molecule has 5 N–H and O–H groups in total. The number of benzene rings is 2. The highest BCUT2D eigenvalue weighted by molar-refractivity contribution is 5.91. The van der Waals surface area contributed by atoms with E-state index in [9.17, 15) is 14.4 Å². The Labute approximate surface area is 301 Å². The Balaban J connectivity index is 0.986. The molecule has 2 saturated heterocycles. The largest absolute Gasteiger partial charge is 0.453 e. The number of likely N-dealkylation sites (tertiary alicyclic amines) is 2. The Morgan fingerprint density at radius 1 is 0.885 bits per heavy atom. The molecule has 3 fully saturated rings. The average molecular weight is 704 g/mol. The number of methoxy groups -OCH3 is 1. The summed E-state index contributed by atoms with van der Waals surface area (Å²) in [6.07, 6.45) is 8.08. The molecular weight excluding hydrogens is 658 g/mol. The minimum atomic E-state index is -0.580. The van der Waals surface area contributed by atoms with Gasteiger partial charge in [0.15, 0.2) is 5.65 Å². The number of H-pyrrole nitrogens is 2. The standard InChI is InChI=1S/C39H45N9O4/c1-3-6-27(40)37(49)47-17-5-8-32(47)36-43-29-16-15-28(42-34(29)46-36)25-13-11-24-20-26(14-12-23(24)19-25)30-21-41-35(44-30)31-7-4-18-48(31)38(50)33(22-9-10-22)45-39(51)52-2/h11-16,19-22,27,31-33H,3-10,17-18,40H2,1-2H3,(H,41,44)(H,45,51)(H,42,43,46)/t27-,31-,32-,33-/m0/s1. The number of hydrogen-bond acceptors (Lipinski definition) is 8. The van der Waals surface area contributed by atoms with Gasteiger partial charge in [0.2, 0.25) is 11.8 Å². The van der Waals surface area contributed by atoms with Crippen LogP contribution in [0.5, 0.6) is 0 Å². The molecule has 3 aliphatic rings. The number of alkyl carbamates (subject to hydrolysis) is 1. The summed E-state index contributed by atoms with van der Waals surface area (Å²) in [5, 5.41) is 4.92. The van der Waals surface area contributed by atoms with E-state index in [1.54, 1.807) is 0 Å². The maximum Gasteiger partial charge on any atom is 0.407 e. The van der Waals surface area contributed by atoms with Crippen LogP contribution in [0.25, 0.3) is 44.5 Å². The topological polar surface area (TPSA) is 175 Å². The predicted octanol–water partition coefficient (Wildman–Crippen LogP) is 5.76. The maximum atomic E-state index is 13.6. The first-order valence-corrected chi connectivity index (χ1v) is 18.5. The van der Waals surface area contributed by atoms with E-state index in [2.05, 4.69) is 51.7 Å². The van der Waals surface area contributed by atoms with E-state index in [4.69, 9.17) is 25.4 Å². The zero-order valence-corrected chi connectivity index (χ0v) is 29.6. The molecule has 5 aromatic rings. The summed E-state index contributed by atoms with van der Waals surface area (Å²) in [5.41, 5.74) is 11.4. The maximum absolute atomic E-state index is 13.6. The van der Waals surface area contributed by atoms with Crippen molar-refractivity contribution in [3.05, 3.63) is 66.4 Å². The van der Waals surface area contributed by atoms with Gasteiger partial charge in [-0.1, -0.05) is 37.6 Å². The molecule has 4 atom stereocenters. The summed E-state index contributed by atoms with van der Waals surface area (Å²) < 4.78 is 4.79. The van der Waals surface area contributed by atoms with Gasteiger partial charge in [0, 0.05) is 24.2 Å². The van der Waals surface area contributed by atoms with Gasteiger partial charge in [0.25, 0.3) is 0 Å². The molecule has 5 heterocycles. The fraction of sp³-hybridized carbons (Fsp3) is 0.436. The summed E-state index contributed by atoms with van der Waals surface area (Å²) in [6, 6.07) is 15.2. The number of nitrogens with two attached hydrogens (primary N) is 1. The lowest BCUT2D eigenvalue weighted by Gasteiger charge is -2.28. The third-order valence-electron chi connectivity index (χ3n) is 10.8. The van der Waals surface area contributed by atoms with Crippen molar-refractivity contribution in [1.82, 2.24) is 40.0 Å². The normalized spacial score (nSPS) is 20.1. The predicted molar refractivity (Wildman–Crippen MR) is 197 cm³/mol. The molecule has 2 aliphatic heterocycles. The number of imidazole rings is 2. The Kier molecular flexibility index (Phi) is 9.12. The van der Waals surface area contributed by atoms with Gasteiger partial charge in [-0.25, -0.2) is 19.7 Å². The quantitative estimate of drug-likeness (QED) is 0.142. The first-order chi connectivity index (χ1) is 25.3. The summed E-state index contributed by atoms with van der Waals surface area (Å²) in [6.45, 7) is 3.36. The zero-order valence-electron chi connectivity index (χ0n) is 29.6. The monoisotopic (exact) mass is 703 g/mol. The first kappa shape index (κ1) is 33.8. The van der Waals surface area contributed by atoms with Crippen LogP contribution in [0.15, 0.2) is 54.7 Å². The molecule has 3 aromatic heterocycles. The van der Waals surface area contributed by atoms with Crippen LogP contribution in [-0.2, 0) is 14.3 Å². The Hall–Kier alpha value is -5.30. The van der Waals surface area contributed by atoms with Gasteiger partial charge in [0.1, 0.15) is 23.2 Å². The number of pyridine rings is 1. The van der Waals surface area contributed by atoms with E-state index < -0.39 is 18.2 Å². The van der Waals surface area contributed by atoms with Crippen molar-refractivity contribution in [3.63, 3.8) is 0 Å². The van der Waals surface area contributed by atoms with Crippen LogP contribution in [0.3, 0.4) is 0 Å². The molecule has 0 radical (unpaired) electrons. The number of carbonyl (C=O) groups is 3. The molecule has 1 saturated carbocycles. The number of carbonyl (C=O) groups excluding carboxylic acids is 3. The second kappa shape index (κ2) is 14.0. The molecule has 0 bridgehead atoms. The lowest BCUT2D eigenvalue weighted by atomic mass is 10.0. The highest BCUT2D eigenvalue weighted by Crippen LogP contribution is 2.38.